The zero-order valence-corrected chi connectivity index (χ0v) is 15.3. The fourth-order valence-electron chi connectivity index (χ4n) is 3.71. The molecule has 1 aromatic carbocycles. The lowest BCUT2D eigenvalue weighted by atomic mass is 9.96. The standard InChI is InChI=1S/C20H29N3O2/c1-21-19(23-12-8-17(9-13-23)18(24)25-2)22-15-20(10-11-20)14-16-6-4-3-5-7-16/h3-7,17H,8-15H2,1-2H3,(H,21,22). The number of piperidine rings is 1. The second-order valence-electron chi connectivity index (χ2n) is 7.35. The molecule has 136 valence electrons. The monoisotopic (exact) mass is 343 g/mol. The third-order valence-corrected chi connectivity index (χ3v) is 5.54. The van der Waals surface area contributed by atoms with E-state index in [0.29, 0.717) is 5.41 Å². The highest BCUT2D eigenvalue weighted by molar-refractivity contribution is 5.80. The highest BCUT2D eigenvalue weighted by Gasteiger charge is 2.42. The molecule has 0 spiro atoms. The zero-order chi connectivity index (χ0) is 17.7. The summed E-state index contributed by atoms with van der Waals surface area (Å²) in [6.07, 6.45) is 5.35. The smallest absolute Gasteiger partial charge is 0.308 e. The Hall–Kier alpha value is -2.04. The number of nitrogens with one attached hydrogen (secondary N) is 1. The Morgan fingerprint density at radius 2 is 1.96 bits per heavy atom. The van der Waals surface area contributed by atoms with E-state index in [1.807, 2.05) is 7.05 Å². The Balaban J connectivity index is 1.49. The molecule has 1 saturated carbocycles. The molecule has 3 rings (SSSR count). The molecule has 25 heavy (non-hydrogen) atoms. The first-order valence-corrected chi connectivity index (χ1v) is 9.23. The van der Waals surface area contributed by atoms with E-state index < -0.39 is 0 Å². The van der Waals surface area contributed by atoms with Crippen LogP contribution >= 0.6 is 0 Å². The molecule has 5 nitrogen and oxygen atoms in total. The predicted octanol–water partition coefficient (Wildman–Crippen LogP) is 2.47. The van der Waals surface area contributed by atoms with E-state index in [1.54, 1.807) is 0 Å². The van der Waals surface area contributed by atoms with Crippen molar-refractivity contribution in [3.8, 4) is 0 Å². The van der Waals surface area contributed by atoms with E-state index in [4.69, 9.17) is 4.74 Å². The summed E-state index contributed by atoms with van der Waals surface area (Å²) < 4.78 is 4.87. The van der Waals surface area contributed by atoms with Gasteiger partial charge in [-0.25, -0.2) is 0 Å². The molecular formula is C20H29N3O2. The molecule has 1 heterocycles. The molecule has 0 amide bonds. The van der Waals surface area contributed by atoms with Crippen LogP contribution in [0, 0.1) is 11.3 Å². The number of hydrogen-bond acceptors (Lipinski definition) is 3. The first kappa shape index (κ1) is 17.8. The molecule has 2 fully saturated rings. The predicted molar refractivity (Wildman–Crippen MR) is 99.5 cm³/mol. The van der Waals surface area contributed by atoms with Crippen LogP contribution in [0.1, 0.15) is 31.2 Å². The summed E-state index contributed by atoms with van der Waals surface area (Å²) in [5, 5.41) is 3.58. The Kier molecular flexibility index (Phi) is 5.61. The minimum atomic E-state index is -0.0811. The number of nitrogens with zero attached hydrogens (tertiary/aromatic N) is 2. The van der Waals surface area contributed by atoms with Crippen molar-refractivity contribution in [3.63, 3.8) is 0 Å². The Morgan fingerprint density at radius 3 is 2.52 bits per heavy atom. The molecule has 1 N–H and O–H groups in total. The van der Waals surface area contributed by atoms with Crippen molar-refractivity contribution in [1.82, 2.24) is 10.2 Å². The minimum absolute atomic E-state index is 0.0345. The number of benzene rings is 1. The third kappa shape index (κ3) is 4.53. The fraction of sp³-hybridized carbons (Fsp3) is 0.600. The van der Waals surface area contributed by atoms with Gasteiger partial charge in [-0.2, -0.15) is 0 Å². The molecule has 1 aliphatic carbocycles. The molecule has 0 atom stereocenters. The van der Waals surface area contributed by atoms with Crippen LogP contribution in [0.4, 0.5) is 0 Å². The molecule has 2 aliphatic rings. The van der Waals surface area contributed by atoms with Crippen LogP contribution in [0.2, 0.25) is 0 Å². The molecule has 0 unspecified atom stereocenters. The highest BCUT2D eigenvalue weighted by Crippen LogP contribution is 2.47. The molecule has 0 aromatic heterocycles. The Morgan fingerprint density at radius 1 is 1.28 bits per heavy atom. The van der Waals surface area contributed by atoms with Gasteiger partial charge in [0.25, 0.3) is 0 Å². The Bertz CT molecular complexity index is 603. The average molecular weight is 343 g/mol. The van der Waals surface area contributed by atoms with Crippen molar-refractivity contribution in [3.05, 3.63) is 35.9 Å². The quantitative estimate of drug-likeness (QED) is 0.507. The van der Waals surface area contributed by atoms with Crippen LogP contribution in [-0.2, 0) is 16.0 Å². The second-order valence-corrected chi connectivity index (χ2v) is 7.35. The molecule has 0 radical (unpaired) electrons. The number of carbonyl (C=O) groups excluding carboxylic acids is 1. The summed E-state index contributed by atoms with van der Waals surface area (Å²) in [5.74, 6) is 0.914. The van der Waals surface area contributed by atoms with Gasteiger partial charge < -0.3 is 15.0 Å². The van der Waals surface area contributed by atoms with Crippen LogP contribution in [0.3, 0.4) is 0 Å². The van der Waals surface area contributed by atoms with Crippen LogP contribution in [0.5, 0.6) is 0 Å². The first-order valence-electron chi connectivity index (χ1n) is 9.23. The maximum absolute atomic E-state index is 11.7. The number of esters is 1. The van der Waals surface area contributed by atoms with Gasteiger partial charge in [-0.1, -0.05) is 30.3 Å². The van der Waals surface area contributed by atoms with Crippen molar-refractivity contribution in [2.24, 2.45) is 16.3 Å². The van der Waals surface area contributed by atoms with Crippen molar-refractivity contribution >= 4 is 11.9 Å². The SMILES string of the molecule is CN=C(NCC1(Cc2ccccc2)CC1)N1CCC(C(=O)OC)CC1. The van der Waals surface area contributed by atoms with Gasteiger partial charge in [0.05, 0.1) is 13.0 Å². The van der Waals surface area contributed by atoms with Crippen molar-refractivity contribution in [2.75, 3.05) is 33.8 Å². The molecule has 1 saturated heterocycles. The van der Waals surface area contributed by atoms with Gasteiger partial charge in [0.1, 0.15) is 0 Å². The lowest BCUT2D eigenvalue weighted by molar-refractivity contribution is -0.146. The molecule has 1 aliphatic heterocycles. The maximum Gasteiger partial charge on any atom is 0.308 e. The van der Waals surface area contributed by atoms with E-state index in [1.165, 1.54) is 25.5 Å². The summed E-state index contributed by atoms with van der Waals surface area (Å²) in [7, 11) is 3.31. The van der Waals surface area contributed by atoms with Crippen LogP contribution < -0.4 is 5.32 Å². The van der Waals surface area contributed by atoms with Crippen molar-refractivity contribution < 1.29 is 9.53 Å². The van der Waals surface area contributed by atoms with Crippen molar-refractivity contribution in [2.45, 2.75) is 32.1 Å². The van der Waals surface area contributed by atoms with E-state index >= 15 is 0 Å². The second kappa shape index (κ2) is 7.89. The number of carbonyl (C=O) groups is 1. The highest BCUT2D eigenvalue weighted by atomic mass is 16.5. The molecule has 1 aromatic rings. The van der Waals surface area contributed by atoms with E-state index in [2.05, 4.69) is 45.5 Å². The molecular weight excluding hydrogens is 314 g/mol. The summed E-state index contributed by atoms with van der Waals surface area (Å²) in [6.45, 7) is 2.67. The van der Waals surface area contributed by atoms with E-state index in [-0.39, 0.29) is 11.9 Å². The number of likely N-dealkylation sites (tertiary alicyclic amines) is 1. The number of hydrogen-bond donors (Lipinski definition) is 1. The number of methoxy groups -OCH3 is 1. The third-order valence-electron chi connectivity index (χ3n) is 5.54. The lowest BCUT2D eigenvalue weighted by Crippen LogP contribution is -2.48. The van der Waals surface area contributed by atoms with Gasteiger partial charge in [0.2, 0.25) is 0 Å². The van der Waals surface area contributed by atoms with Crippen LogP contribution in [-0.4, -0.2) is 50.6 Å². The van der Waals surface area contributed by atoms with E-state index in [9.17, 15) is 4.79 Å². The normalized spacial score (nSPS) is 20.2. The topological polar surface area (TPSA) is 53.9 Å². The number of rotatable bonds is 5. The Labute approximate surface area is 150 Å². The van der Waals surface area contributed by atoms with Gasteiger partial charge in [0, 0.05) is 26.7 Å². The average Bonchev–Trinajstić information content (AvgIpc) is 3.42. The minimum Gasteiger partial charge on any atom is -0.469 e. The van der Waals surface area contributed by atoms with Gasteiger partial charge in [-0.05, 0) is 43.1 Å². The van der Waals surface area contributed by atoms with Gasteiger partial charge in [-0.3, -0.25) is 9.79 Å². The summed E-state index contributed by atoms with van der Waals surface area (Å²) in [5.41, 5.74) is 1.79. The summed E-state index contributed by atoms with van der Waals surface area (Å²) >= 11 is 0. The van der Waals surface area contributed by atoms with Gasteiger partial charge >= 0.3 is 5.97 Å². The summed E-state index contributed by atoms with van der Waals surface area (Å²) in [4.78, 5) is 18.4. The fourth-order valence-corrected chi connectivity index (χ4v) is 3.71. The zero-order valence-electron chi connectivity index (χ0n) is 15.3. The number of guanidine groups is 1. The largest absolute Gasteiger partial charge is 0.469 e. The van der Waals surface area contributed by atoms with Gasteiger partial charge in [0.15, 0.2) is 5.96 Å². The van der Waals surface area contributed by atoms with Crippen LogP contribution in [0.15, 0.2) is 35.3 Å². The molecule has 5 heteroatoms. The maximum atomic E-state index is 11.7. The van der Waals surface area contributed by atoms with Gasteiger partial charge in [-0.15, -0.1) is 0 Å². The summed E-state index contributed by atoms with van der Waals surface area (Å²) in [6, 6.07) is 10.7. The lowest BCUT2D eigenvalue weighted by Gasteiger charge is -2.33. The number of ether oxygens (including phenoxy) is 1. The molecule has 0 bridgehead atoms. The van der Waals surface area contributed by atoms with Crippen LogP contribution in [0.25, 0.3) is 0 Å². The first-order chi connectivity index (χ1) is 12.2. The van der Waals surface area contributed by atoms with Crippen molar-refractivity contribution in [1.29, 1.82) is 0 Å². The van der Waals surface area contributed by atoms with E-state index in [0.717, 1.165) is 44.9 Å². The number of aliphatic imine (C=N–C) groups is 1.